The average molecular weight is 334 g/mol. The van der Waals surface area contributed by atoms with Crippen LogP contribution in [0.1, 0.15) is 12.5 Å². The van der Waals surface area contributed by atoms with Gasteiger partial charge in [0.15, 0.2) is 0 Å². The summed E-state index contributed by atoms with van der Waals surface area (Å²) in [6, 6.07) is 13.1. The van der Waals surface area contributed by atoms with Crippen LogP contribution in [0.5, 0.6) is 0 Å². The first-order valence-electron chi connectivity index (χ1n) is 7.71. The molecule has 24 heavy (non-hydrogen) atoms. The second-order valence-corrected chi connectivity index (χ2v) is 5.35. The minimum atomic E-state index is -4.38. The molecule has 0 aliphatic rings. The molecule has 0 aliphatic heterocycles. The minimum absolute atomic E-state index is 0.333. The van der Waals surface area contributed by atoms with Gasteiger partial charge in [-0.3, -0.25) is 0 Å². The molecule has 1 aromatic heterocycles. The SMILES string of the molecule is CCOCCn1c(-c2ccccc2)nc2cc(C(F)(F)F)ccc21. The molecule has 0 amide bonds. The number of hydrogen-bond acceptors (Lipinski definition) is 2. The Balaban J connectivity index is 2.12. The minimum Gasteiger partial charge on any atom is -0.380 e. The first-order valence-corrected chi connectivity index (χ1v) is 7.71. The van der Waals surface area contributed by atoms with Gasteiger partial charge in [-0.2, -0.15) is 13.2 Å². The molecule has 0 saturated heterocycles. The summed E-state index contributed by atoms with van der Waals surface area (Å²) in [4.78, 5) is 4.44. The molecule has 2 aromatic carbocycles. The van der Waals surface area contributed by atoms with Crippen LogP contribution in [-0.4, -0.2) is 22.8 Å². The quantitative estimate of drug-likeness (QED) is 0.629. The number of aromatic nitrogens is 2. The van der Waals surface area contributed by atoms with Gasteiger partial charge in [0, 0.05) is 18.7 Å². The summed E-state index contributed by atoms with van der Waals surface area (Å²) >= 11 is 0. The van der Waals surface area contributed by atoms with Crippen LogP contribution in [0, 0.1) is 0 Å². The Labute approximate surface area is 137 Å². The summed E-state index contributed by atoms with van der Waals surface area (Å²) in [6.07, 6.45) is -4.38. The van der Waals surface area contributed by atoms with E-state index in [9.17, 15) is 13.2 Å². The highest BCUT2D eigenvalue weighted by Gasteiger charge is 2.31. The van der Waals surface area contributed by atoms with Crippen LogP contribution in [0.2, 0.25) is 0 Å². The highest BCUT2D eigenvalue weighted by atomic mass is 19.4. The van der Waals surface area contributed by atoms with E-state index in [0.29, 0.717) is 36.6 Å². The van der Waals surface area contributed by atoms with Crippen molar-refractivity contribution in [2.24, 2.45) is 0 Å². The summed E-state index contributed by atoms with van der Waals surface area (Å²) in [5, 5.41) is 0. The molecule has 0 fully saturated rings. The summed E-state index contributed by atoms with van der Waals surface area (Å²) in [7, 11) is 0. The maximum atomic E-state index is 12.9. The molecular weight excluding hydrogens is 317 g/mol. The van der Waals surface area contributed by atoms with Crippen molar-refractivity contribution in [2.75, 3.05) is 13.2 Å². The molecule has 0 aliphatic carbocycles. The van der Waals surface area contributed by atoms with Gasteiger partial charge >= 0.3 is 6.18 Å². The molecule has 0 N–H and O–H groups in total. The van der Waals surface area contributed by atoms with Crippen molar-refractivity contribution in [1.82, 2.24) is 9.55 Å². The molecule has 0 radical (unpaired) electrons. The van der Waals surface area contributed by atoms with Crippen molar-refractivity contribution in [3.05, 3.63) is 54.1 Å². The van der Waals surface area contributed by atoms with E-state index in [1.807, 2.05) is 41.8 Å². The normalized spacial score (nSPS) is 12.0. The number of hydrogen-bond donors (Lipinski definition) is 0. The van der Waals surface area contributed by atoms with E-state index in [0.717, 1.165) is 17.7 Å². The van der Waals surface area contributed by atoms with Gasteiger partial charge in [0.25, 0.3) is 0 Å². The molecule has 6 heteroatoms. The van der Waals surface area contributed by atoms with Crippen molar-refractivity contribution < 1.29 is 17.9 Å². The van der Waals surface area contributed by atoms with Crippen molar-refractivity contribution in [3.8, 4) is 11.4 Å². The highest BCUT2D eigenvalue weighted by Crippen LogP contribution is 2.33. The zero-order valence-electron chi connectivity index (χ0n) is 13.2. The maximum Gasteiger partial charge on any atom is 0.416 e. The van der Waals surface area contributed by atoms with E-state index >= 15 is 0 Å². The number of ether oxygens (including phenoxy) is 1. The molecule has 3 aromatic rings. The largest absolute Gasteiger partial charge is 0.416 e. The van der Waals surface area contributed by atoms with Crippen LogP contribution < -0.4 is 0 Å². The fourth-order valence-corrected chi connectivity index (χ4v) is 2.64. The number of nitrogens with zero attached hydrogens (tertiary/aromatic N) is 2. The summed E-state index contributed by atoms with van der Waals surface area (Å²) in [5.74, 6) is 0.643. The van der Waals surface area contributed by atoms with E-state index in [1.165, 1.54) is 6.07 Å². The summed E-state index contributed by atoms with van der Waals surface area (Å²) < 4.78 is 46.1. The number of rotatable bonds is 5. The predicted molar refractivity (Wildman–Crippen MR) is 86.7 cm³/mol. The zero-order chi connectivity index (χ0) is 17.2. The third-order valence-electron chi connectivity index (χ3n) is 3.77. The predicted octanol–water partition coefficient (Wildman–Crippen LogP) is 4.76. The second-order valence-electron chi connectivity index (χ2n) is 5.35. The Morgan fingerprint density at radius 1 is 1.08 bits per heavy atom. The van der Waals surface area contributed by atoms with Crippen LogP contribution in [0.3, 0.4) is 0 Å². The van der Waals surface area contributed by atoms with Crippen molar-refractivity contribution in [1.29, 1.82) is 0 Å². The van der Waals surface area contributed by atoms with Crippen molar-refractivity contribution in [2.45, 2.75) is 19.6 Å². The lowest BCUT2D eigenvalue weighted by molar-refractivity contribution is -0.137. The summed E-state index contributed by atoms with van der Waals surface area (Å²) in [6.45, 7) is 3.49. The molecule has 0 bridgehead atoms. The lowest BCUT2D eigenvalue weighted by Gasteiger charge is -2.10. The van der Waals surface area contributed by atoms with E-state index in [2.05, 4.69) is 4.98 Å². The van der Waals surface area contributed by atoms with Crippen molar-refractivity contribution >= 4 is 11.0 Å². The average Bonchev–Trinajstić information content (AvgIpc) is 2.93. The monoisotopic (exact) mass is 334 g/mol. The first-order chi connectivity index (χ1) is 11.5. The Morgan fingerprint density at radius 2 is 1.83 bits per heavy atom. The number of imidazole rings is 1. The number of benzene rings is 2. The Bertz CT molecular complexity index is 825. The van der Waals surface area contributed by atoms with Crippen LogP contribution in [0.15, 0.2) is 48.5 Å². The number of halogens is 3. The molecule has 0 atom stereocenters. The fraction of sp³-hybridized carbons (Fsp3) is 0.278. The second kappa shape index (κ2) is 6.65. The molecular formula is C18H17F3N2O. The molecule has 3 nitrogen and oxygen atoms in total. The topological polar surface area (TPSA) is 27.1 Å². The number of alkyl halides is 3. The van der Waals surface area contributed by atoms with Crippen LogP contribution in [-0.2, 0) is 17.5 Å². The highest BCUT2D eigenvalue weighted by molar-refractivity contribution is 5.81. The Hall–Kier alpha value is -2.34. The Morgan fingerprint density at radius 3 is 2.50 bits per heavy atom. The lowest BCUT2D eigenvalue weighted by Crippen LogP contribution is -2.08. The lowest BCUT2D eigenvalue weighted by atomic mass is 10.2. The molecule has 0 unspecified atom stereocenters. The van der Waals surface area contributed by atoms with Gasteiger partial charge in [-0.1, -0.05) is 30.3 Å². The first kappa shape index (κ1) is 16.5. The third kappa shape index (κ3) is 3.28. The van der Waals surface area contributed by atoms with Gasteiger partial charge in [-0.15, -0.1) is 0 Å². The van der Waals surface area contributed by atoms with Crippen molar-refractivity contribution in [3.63, 3.8) is 0 Å². The van der Waals surface area contributed by atoms with Gasteiger partial charge in [0.05, 0.1) is 23.2 Å². The van der Waals surface area contributed by atoms with Crippen LogP contribution in [0.4, 0.5) is 13.2 Å². The molecule has 126 valence electrons. The van der Waals surface area contributed by atoms with Gasteiger partial charge < -0.3 is 9.30 Å². The van der Waals surface area contributed by atoms with Gasteiger partial charge in [0.2, 0.25) is 0 Å². The molecule has 3 rings (SSSR count). The standard InChI is InChI=1S/C18H17F3N2O/c1-2-24-11-10-23-16-9-8-14(18(19,20)21)12-15(16)22-17(23)13-6-4-3-5-7-13/h3-9,12H,2,10-11H2,1H3. The zero-order valence-corrected chi connectivity index (χ0v) is 13.2. The Kier molecular flexibility index (Phi) is 4.57. The van der Waals surface area contributed by atoms with E-state index in [1.54, 1.807) is 0 Å². The smallest absolute Gasteiger partial charge is 0.380 e. The molecule has 0 spiro atoms. The maximum absolute atomic E-state index is 12.9. The van der Waals surface area contributed by atoms with E-state index < -0.39 is 11.7 Å². The number of fused-ring (bicyclic) bond motifs is 1. The van der Waals surface area contributed by atoms with Gasteiger partial charge in [0.1, 0.15) is 5.82 Å². The van der Waals surface area contributed by atoms with Crippen LogP contribution in [0.25, 0.3) is 22.4 Å². The molecule has 0 saturated carbocycles. The fourth-order valence-electron chi connectivity index (χ4n) is 2.64. The van der Waals surface area contributed by atoms with E-state index in [4.69, 9.17) is 4.74 Å². The van der Waals surface area contributed by atoms with Crippen LogP contribution >= 0.6 is 0 Å². The summed E-state index contributed by atoms with van der Waals surface area (Å²) in [5.41, 5.74) is 1.17. The van der Waals surface area contributed by atoms with Gasteiger partial charge in [-0.05, 0) is 25.1 Å². The molecule has 1 heterocycles. The van der Waals surface area contributed by atoms with Gasteiger partial charge in [-0.25, -0.2) is 4.98 Å². The third-order valence-corrected chi connectivity index (χ3v) is 3.77. The van der Waals surface area contributed by atoms with E-state index in [-0.39, 0.29) is 0 Å².